The number of ether oxygens (including phenoxy) is 2. The highest BCUT2D eigenvalue weighted by Crippen LogP contribution is 2.34. The van der Waals surface area contributed by atoms with Crippen molar-refractivity contribution in [2.75, 3.05) is 21.3 Å². The summed E-state index contributed by atoms with van der Waals surface area (Å²) < 4.78 is 10.7. The maximum absolute atomic E-state index is 5.35. The van der Waals surface area contributed by atoms with Crippen molar-refractivity contribution < 1.29 is 9.47 Å². The first-order chi connectivity index (χ1) is 7.28. The Labute approximate surface area is 91.4 Å². The van der Waals surface area contributed by atoms with Gasteiger partial charge < -0.3 is 14.8 Å². The second-order valence-electron chi connectivity index (χ2n) is 3.33. The van der Waals surface area contributed by atoms with E-state index in [0.29, 0.717) is 0 Å². The summed E-state index contributed by atoms with van der Waals surface area (Å²) in [6, 6.07) is 6.11. The van der Waals surface area contributed by atoms with Gasteiger partial charge >= 0.3 is 0 Å². The van der Waals surface area contributed by atoms with Gasteiger partial charge in [0.2, 0.25) is 0 Å². The maximum Gasteiger partial charge on any atom is 0.127 e. The SMILES string of the molecule is CCC(NC)c1c(OC)cccc1OC. The van der Waals surface area contributed by atoms with E-state index in [4.69, 9.17) is 9.47 Å². The van der Waals surface area contributed by atoms with Crippen LogP contribution in [0.2, 0.25) is 0 Å². The Kier molecular flexibility index (Phi) is 4.43. The molecule has 0 spiro atoms. The van der Waals surface area contributed by atoms with Crippen LogP contribution >= 0.6 is 0 Å². The Morgan fingerprint density at radius 3 is 2.07 bits per heavy atom. The van der Waals surface area contributed by atoms with E-state index < -0.39 is 0 Å². The fourth-order valence-corrected chi connectivity index (χ4v) is 1.78. The maximum atomic E-state index is 5.35. The number of benzene rings is 1. The monoisotopic (exact) mass is 209 g/mol. The van der Waals surface area contributed by atoms with Crippen molar-refractivity contribution in [2.45, 2.75) is 19.4 Å². The van der Waals surface area contributed by atoms with E-state index in [-0.39, 0.29) is 6.04 Å². The van der Waals surface area contributed by atoms with Crippen molar-refractivity contribution in [3.05, 3.63) is 23.8 Å². The molecule has 1 rings (SSSR count). The predicted molar refractivity (Wildman–Crippen MR) is 61.6 cm³/mol. The molecule has 3 heteroatoms. The Hall–Kier alpha value is -1.22. The van der Waals surface area contributed by atoms with Crippen LogP contribution in [0.5, 0.6) is 11.5 Å². The molecule has 0 radical (unpaired) electrons. The van der Waals surface area contributed by atoms with Gasteiger partial charge in [-0.15, -0.1) is 0 Å². The Bertz CT molecular complexity index is 286. The zero-order valence-electron chi connectivity index (χ0n) is 9.83. The van der Waals surface area contributed by atoms with E-state index >= 15 is 0 Å². The van der Waals surface area contributed by atoms with Gasteiger partial charge in [0.05, 0.1) is 19.8 Å². The summed E-state index contributed by atoms with van der Waals surface area (Å²) in [6.07, 6.45) is 0.993. The first kappa shape index (κ1) is 11.9. The lowest BCUT2D eigenvalue weighted by atomic mass is 10.0. The summed E-state index contributed by atoms with van der Waals surface area (Å²) in [5, 5.41) is 3.26. The van der Waals surface area contributed by atoms with E-state index in [1.807, 2.05) is 25.2 Å². The summed E-state index contributed by atoms with van der Waals surface area (Å²) in [5.74, 6) is 1.74. The normalized spacial score (nSPS) is 12.3. The molecule has 84 valence electrons. The van der Waals surface area contributed by atoms with Crippen molar-refractivity contribution in [1.82, 2.24) is 5.32 Å². The van der Waals surface area contributed by atoms with Gasteiger partial charge in [0.25, 0.3) is 0 Å². The van der Waals surface area contributed by atoms with Crippen molar-refractivity contribution in [1.29, 1.82) is 0 Å². The van der Waals surface area contributed by atoms with Gasteiger partial charge in [0.15, 0.2) is 0 Å². The van der Waals surface area contributed by atoms with Crippen LogP contribution < -0.4 is 14.8 Å². The zero-order chi connectivity index (χ0) is 11.3. The van der Waals surface area contributed by atoms with Crippen LogP contribution in [0.15, 0.2) is 18.2 Å². The molecular formula is C12H19NO2. The van der Waals surface area contributed by atoms with Crippen LogP contribution in [0.25, 0.3) is 0 Å². The molecule has 0 aliphatic carbocycles. The third kappa shape index (κ3) is 2.42. The summed E-state index contributed by atoms with van der Waals surface area (Å²) in [4.78, 5) is 0. The third-order valence-electron chi connectivity index (χ3n) is 2.57. The molecule has 0 amide bonds. The molecule has 1 atom stereocenters. The quantitative estimate of drug-likeness (QED) is 0.807. The van der Waals surface area contributed by atoms with Crippen molar-refractivity contribution in [3.63, 3.8) is 0 Å². The Morgan fingerprint density at radius 2 is 1.73 bits per heavy atom. The third-order valence-corrected chi connectivity index (χ3v) is 2.57. The summed E-state index contributed by atoms with van der Waals surface area (Å²) in [7, 11) is 5.31. The largest absolute Gasteiger partial charge is 0.496 e. The summed E-state index contributed by atoms with van der Waals surface area (Å²) >= 11 is 0. The minimum absolute atomic E-state index is 0.260. The van der Waals surface area contributed by atoms with Crippen LogP contribution in [-0.2, 0) is 0 Å². The molecule has 0 aliphatic rings. The number of nitrogens with one attached hydrogen (secondary N) is 1. The van der Waals surface area contributed by atoms with Gasteiger partial charge in [-0.3, -0.25) is 0 Å². The molecule has 1 N–H and O–H groups in total. The van der Waals surface area contributed by atoms with Crippen LogP contribution in [0.3, 0.4) is 0 Å². The predicted octanol–water partition coefficient (Wildman–Crippen LogP) is 2.37. The van der Waals surface area contributed by atoms with Gasteiger partial charge in [0, 0.05) is 6.04 Å². The fourth-order valence-electron chi connectivity index (χ4n) is 1.78. The summed E-state index contributed by atoms with van der Waals surface area (Å²) in [5.41, 5.74) is 1.09. The average Bonchev–Trinajstić information content (AvgIpc) is 2.30. The van der Waals surface area contributed by atoms with E-state index in [1.54, 1.807) is 14.2 Å². The van der Waals surface area contributed by atoms with E-state index in [1.165, 1.54) is 0 Å². The van der Waals surface area contributed by atoms with Gasteiger partial charge in [-0.2, -0.15) is 0 Å². The van der Waals surface area contributed by atoms with Crippen molar-refractivity contribution in [3.8, 4) is 11.5 Å². The van der Waals surface area contributed by atoms with Crippen LogP contribution in [0.1, 0.15) is 24.9 Å². The lowest BCUT2D eigenvalue weighted by Crippen LogP contribution is -2.17. The average molecular weight is 209 g/mol. The zero-order valence-corrected chi connectivity index (χ0v) is 9.83. The number of hydrogen-bond acceptors (Lipinski definition) is 3. The molecule has 0 fully saturated rings. The lowest BCUT2D eigenvalue weighted by molar-refractivity contribution is 0.372. The second kappa shape index (κ2) is 5.61. The molecule has 0 heterocycles. The minimum atomic E-state index is 0.260. The topological polar surface area (TPSA) is 30.5 Å². The minimum Gasteiger partial charge on any atom is -0.496 e. The molecular weight excluding hydrogens is 190 g/mol. The Morgan fingerprint density at radius 1 is 1.20 bits per heavy atom. The molecule has 1 aromatic rings. The highest BCUT2D eigenvalue weighted by molar-refractivity contribution is 5.46. The lowest BCUT2D eigenvalue weighted by Gasteiger charge is -2.20. The highest BCUT2D eigenvalue weighted by atomic mass is 16.5. The number of rotatable bonds is 5. The highest BCUT2D eigenvalue weighted by Gasteiger charge is 2.17. The van der Waals surface area contributed by atoms with E-state index in [9.17, 15) is 0 Å². The van der Waals surface area contributed by atoms with E-state index in [0.717, 1.165) is 23.5 Å². The van der Waals surface area contributed by atoms with E-state index in [2.05, 4.69) is 12.2 Å². The molecule has 0 saturated heterocycles. The molecule has 0 aliphatic heterocycles. The second-order valence-corrected chi connectivity index (χ2v) is 3.33. The van der Waals surface area contributed by atoms with Gasteiger partial charge in [-0.05, 0) is 25.6 Å². The first-order valence-corrected chi connectivity index (χ1v) is 5.16. The number of hydrogen-bond donors (Lipinski definition) is 1. The van der Waals surface area contributed by atoms with Crippen LogP contribution in [0, 0.1) is 0 Å². The molecule has 1 aromatic carbocycles. The first-order valence-electron chi connectivity index (χ1n) is 5.16. The Balaban J connectivity index is 3.20. The molecule has 0 bridgehead atoms. The van der Waals surface area contributed by atoms with Gasteiger partial charge in [0.1, 0.15) is 11.5 Å². The molecule has 3 nitrogen and oxygen atoms in total. The van der Waals surface area contributed by atoms with Crippen molar-refractivity contribution in [2.24, 2.45) is 0 Å². The van der Waals surface area contributed by atoms with Crippen molar-refractivity contribution >= 4 is 0 Å². The molecule has 0 saturated carbocycles. The smallest absolute Gasteiger partial charge is 0.127 e. The fraction of sp³-hybridized carbons (Fsp3) is 0.500. The van der Waals surface area contributed by atoms with Crippen LogP contribution in [0.4, 0.5) is 0 Å². The molecule has 0 aromatic heterocycles. The van der Waals surface area contributed by atoms with Gasteiger partial charge in [-0.25, -0.2) is 0 Å². The van der Waals surface area contributed by atoms with Gasteiger partial charge in [-0.1, -0.05) is 13.0 Å². The standard InChI is InChI=1S/C12H19NO2/c1-5-9(13-2)12-10(14-3)7-6-8-11(12)15-4/h6-9,13H,5H2,1-4H3. The molecule has 15 heavy (non-hydrogen) atoms. The van der Waals surface area contributed by atoms with Crippen LogP contribution in [-0.4, -0.2) is 21.3 Å². The number of methoxy groups -OCH3 is 2. The summed E-state index contributed by atoms with van der Waals surface area (Å²) in [6.45, 7) is 2.13. The molecule has 1 unspecified atom stereocenters.